The van der Waals surface area contributed by atoms with Crippen molar-refractivity contribution < 1.29 is 9.59 Å². The molecule has 0 aromatic heterocycles. The summed E-state index contributed by atoms with van der Waals surface area (Å²) in [6, 6.07) is 5.59. The van der Waals surface area contributed by atoms with Crippen molar-refractivity contribution in [2.75, 3.05) is 11.4 Å². The molecule has 27 heavy (non-hydrogen) atoms. The molecule has 0 radical (unpaired) electrons. The van der Waals surface area contributed by atoms with Gasteiger partial charge in [-0.1, -0.05) is 24.6 Å². The van der Waals surface area contributed by atoms with Crippen LogP contribution in [0.4, 0.5) is 5.69 Å². The normalized spacial score (nSPS) is 28.7. The summed E-state index contributed by atoms with van der Waals surface area (Å²) in [6.45, 7) is 4.81. The number of fused-ring (bicyclic) bond motifs is 4. The second-order valence-electron chi connectivity index (χ2n) is 7.78. The first kappa shape index (κ1) is 18.7. The van der Waals surface area contributed by atoms with Gasteiger partial charge in [-0.15, -0.1) is 0 Å². The van der Waals surface area contributed by atoms with Gasteiger partial charge in [-0.3, -0.25) is 14.5 Å². The summed E-state index contributed by atoms with van der Waals surface area (Å²) in [5.41, 5.74) is 0.767. The van der Waals surface area contributed by atoms with Crippen molar-refractivity contribution in [2.45, 2.75) is 58.0 Å². The number of hydrogen-bond acceptors (Lipinski definition) is 4. The van der Waals surface area contributed by atoms with E-state index in [-0.39, 0.29) is 29.0 Å². The molecule has 0 unspecified atom stereocenters. The number of thiocarbonyl (C=S) groups is 1. The molecule has 0 aliphatic carbocycles. The standard InChI is InChI=1S/C20H24ClN3O2S/c1-3-12(2)24-18(26)20(17(25)22-19(24)27)11-13-14(21)7-6-8-15(13)23-10-5-4-9-16(20)23/h6-8,12,16H,3-5,9-11H2,1-2H3,(H,22,25,27)/t12-,16+,20+/m0/s1. The molecule has 144 valence electrons. The molecule has 7 heteroatoms. The van der Waals surface area contributed by atoms with Crippen LogP contribution >= 0.6 is 23.8 Å². The minimum Gasteiger partial charge on any atom is -0.367 e. The fourth-order valence-electron chi connectivity index (χ4n) is 4.83. The van der Waals surface area contributed by atoms with Gasteiger partial charge < -0.3 is 10.2 Å². The molecule has 1 aromatic carbocycles. The number of carbonyl (C=O) groups is 2. The first-order valence-electron chi connectivity index (χ1n) is 9.65. The van der Waals surface area contributed by atoms with Crippen LogP contribution < -0.4 is 10.2 Å². The summed E-state index contributed by atoms with van der Waals surface area (Å²) in [5.74, 6) is -0.451. The molecule has 1 aromatic rings. The smallest absolute Gasteiger partial charge is 0.247 e. The number of halogens is 1. The summed E-state index contributed by atoms with van der Waals surface area (Å²) in [4.78, 5) is 31.0. The maximum absolute atomic E-state index is 13.8. The number of benzene rings is 1. The van der Waals surface area contributed by atoms with Crippen molar-refractivity contribution in [2.24, 2.45) is 5.41 Å². The van der Waals surface area contributed by atoms with Crippen LogP contribution in [0.2, 0.25) is 5.02 Å². The van der Waals surface area contributed by atoms with Crippen LogP contribution in [0.1, 0.15) is 45.1 Å². The first-order chi connectivity index (χ1) is 12.9. The van der Waals surface area contributed by atoms with Gasteiger partial charge in [0, 0.05) is 29.7 Å². The lowest BCUT2D eigenvalue weighted by Gasteiger charge is -2.55. The maximum Gasteiger partial charge on any atom is 0.247 e. The Kier molecular flexibility index (Phi) is 4.67. The SMILES string of the molecule is CC[C@H](C)N1C(=O)[C@@]2(Cc3c(Cl)cccc3N3CCCC[C@@H]32)C(=O)NC1=S. The van der Waals surface area contributed by atoms with E-state index in [0.717, 1.165) is 43.5 Å². The van der Waals surface area contributed by atoms with Gasteiger partial charge in [0.2, 0.25) is 11.8 Å². The van der Waals surface area contributed by atoms with E-state index in [9.17, 15) is 9.59 Å². The molecule has 0 saturated carbocycles. The molecule has 5 nitrogen and oxygen atoms in total. The van der Waals surface area contributed by atoms with Crippen molar-refractivity contribution >= 4 is 46.4 Å². The maximum atomic E-state index is 13.8. The zero-order chi connectivity index (χ0) is 19.3. The molecule has 3 heterocycles. The van der Waals surface area contributed by atoms with Crippen molar-refractivity contribution in [3.8, 4) is 0 Å². The van der Waals surface area contributed by atoms with E-state index in [1.807, 2.05) is 26.0 Å². The van der Waals surface area contributed by atoms with Crippen molar-refractivity contribution in [3.63, 3.8) is 0 Å². The summed E-state index contributed by atoms with van der Waals surface area (Å²) >= 11 is 11.9. The summed E-state index contributed by atoms with van der Waals surface area (Å²) < 4.78 is 0. The van der Waals surface area contributed by atoms with Crippen molar-refractivity contribution in [1.82, 2.24) is 10.2 Å². The van der Waals surface area contributed by atoms with Gasteiger partial charge in [-0.05, 0) is 62.5 Å². The van der Waals surface area contributed by atoms with E-state index >= 15 is 0 Å². The quantitative estimate of drug-likeness (QED) is 0.606. The highest BCUT2D eigenvalue weighted by atomic mass is 35.5. The third-order valence-electron chi connectivity index (χ3n) is 6.41. The Hall–Kier alpha value is -1.66. The molecule has 4 rings (SSSR count). The van der Waals surface area contributed by atoms with Crippen LogP contribution in [0, 0.1) is 5.41 Å². The molecule has 3 atom stereocenters. The number of nitrogens with zero attached hydrogens (tertiary/aromatic N) is 2. The third-order valence-corrected chi connectivity index (χ3v) is 7.06. The van der Waals surface area contributed by atoms with Crippen LogP contribution in [0.3, 0.4) is 0 Å². The van der Waals surface area contributed by atoms with Crippen LogP contribution in [0.25, 0.3) is 0 Å². The van der Waals surface area contributed by atoms with Crippen LogP contribution in [-0.4, -0.2) is 40.5 Å². The number of anilines is 1. The van der Waals surface area contributed by atoms with E-state index in [2.05, 4.69) is 16.3 Å². The Balaban J connectivity index is 1.89. The Morgan fingerprint density at radius 2 is 2.15 bits per heavy atom. The Morgan fingerprint density at radius 1 is 1.37 bits per heavy atom. The fraction of sp³-hybridized carbons (Fsp3) is 0.550. The summed E-state index contributed by atoms with van der Waals surface area (Å²) in [5, 5.41) is 3.68. The number of nitrogens with one attached hydrogen (secondary N) is 1. The number of carbonyl (C=O) groups excluding carboxylic acids is 2. The highest BCUT2D eigenvalue weighted by molar-refractivity contribution is 7.80. The Bertz CT molecular complexity index is 829. The van der Waals surface area contributed by atoms with Crippen LogP contribution in [-0.2, 0) is 16.0 Å². The van der Waals surface area contributed by atoms with Crippen molar-refractivity contribution in [3.05, 3.63) is 28.8 Å². The minimum absolute atomic E-state index is 0.0628. The Morgan fingerprint density at radius 3 is 2.89 bits per heavy atom. The first-order valence-corrected chi connectivity index (χ1v) is 10.4. The van der Waals surface area contributed by atoms with Gasteiger partial charge in [-0.2, -0.15) is 0 Å². The van der Waals surface area contributed by atoms with Crippen LogP contribution in [0.15, 0.2) is 18.2 Å². The highest BCUT2D eigenvalue weighted by Gasteiger charge is 2.62. The van der Waals surface area contributed by atoms with Crippen molar-refractivity contribution in [1.29, 1.82) is 0 Å². The monoisotopic (exact) mass is 405 g/mol. The van der Waals surface area contributed by atoms with E-state index in [1.165, 1.54) is 0 Å². The lowest BCUT2D eigenvalue weighted by molar-refractivity contribution is -0.153. The number of piperidine rings is 1. The average Bonchev–Trinajstić information content (AvgIpc) is 2.66. The minimum atomic E-state index is -1.18. The van der Waals surface area contributed by atoms with Gasteiger partial charge in [0.25, 0.3) is 0 Å². The summed E-state index contributed by atoms with van der Waals surface area (Å²) in [7, 11) is 0. The van der Waals surface area contributed by atoms with E-state index in [1.54, 1.807) is 4.90 Å². The zero-order valence-corrected chi connectivity index (χ0v) is 17.2. The summed E-state index contributed by atoms with van der Waals surface area (Å²) in [6.07, 6.45) is 3.95. The largest absolute Gasteiger partial charge is 0.367 e. The molecule has 2 fully saturated rings. The Labute approximate surface area is 170 Å². The van der Waals surface area contributed by atoms with Gasteiger partial charge in [0.1, 0.15) is 0 Å². The molecule has 0 bridgehead atoms. The molecule has 3 aliphatic heterocycles. The molecule has 2 saturated heterocycles. The second kappa shape index (κ2) is 6.74. The fourth-order valence-corrected chi connectivity index (χ4v) is 5.42. The molecule has 1 spiro atoms. The average molecular weight is 406 g/mol. The lowest BCUT2D eigenvalue weighted by Crippen LogP contribution is -2.73. The number of hydrogen-bond donors (Lipinski definition) is 1. The molecule has 1 N–H and O–H groups in total. The molecule has 3 aliphatic rings. The topological polar surface area (TPSA) is 52.7 Å². The highest BCUT2D eigenvalue weighted by Crippen LogP contribution is 2.49. The number of amides is 2. The van der Waals surface area contributed by atoms with Gasteiger partial charge in [-0.25, -0.2) is 0 Å². The van der Waals surface area contributed by atoms with Gasteiger partial charge in [0.15, 0.2) is 10.5 Å². The molecular weight excluding hydrogens is 382 g/mol. The van der Waals surface area contributed by atoms with Gasteiger partial charge in [0.05, 0.1) is 6.04 Å². The lowest BCUT2D eigenvalue weighted by atomic mass is 9.66. The third kappa shape index (κ3) is 2.60. The molecular formula is C20H24ClN3O2S. The second-order valence-corrected chi connectivity index (χ2v) is 8.58. The number of rotatable bonds is 2. The van der Waals surface area contributed by atoms with E-state index in [0.29, 0.717) is 11.4 Å². The van der Waals surface area contributed by atoms with Gasteiger partial charge >= 0.3 is 0 Å². The zero-order valence-electron chi connectivity index (χ0n) is 15.6. The van der Waals surface area contributed by atoms with E-state index < -0.39 is 5.41 Å². The van der Waals surface area contributed by atoms with Crippen LogP contribution in [0.5, 0.6) is 0 Å². The predicted octanol–water partition coefficient (Wildman–Crippen LogP) is 3.28. The molecule has 2 amide bonds. The van der Waals surface area contributed by atoms with E-state index in [4.69, 9.17) is 23.8 Å². The predicted molar refractivity (Wildman–Crippen MR) is 110 cm³/mol.